The molecule has 1 unspecified atom stereocenters. The molecule has 2 heterocycles. The molecule has 2 aliphatic rings. The van der Waals surface area contributed by atoms with Gasteiger partial charge in [-0.1, -0.05) is 12.1 Å². The van der Waals surface area contributed by atoms with Gasteiger partial charge in [0.05, 0.1) is 12.1 Å². The molecule has 2 N–H and O–H groups in total. The summed E-state index contributed by atoms with van der Waals surface area (Å²) in [5.74, 6) is 1.56. The van der Waals surface area contributed by atoms with Crippen LogP contribution in [0.4, 0.5) is 0 Å². The number of para-hydroxylation sites is 1. The van der Waals surface area contributed by atoms with Crippen LogP contribution in [0.2, 0.25) is 0 Å². The van der Waals surface area contributed by atoms with E-state index in [-0.39, 0.29) is 24.4 Å². The van der Waals surface area contributed by atoms with E-state index in [9.17, 15) is 4.79 Å². The lowest BCUT2D eigenvalue weighted by molar-refractivity contribution is -0.133. The number of carbonyl (C=O) groups excluding carboxylic acids is 1. The average molecular weight is 313 g/mol. The lowest BCUT2D eigenvalue weighted by atomic mass is 10.0. The number of nitrogens with zero attached hydrogens (tertiary/aromatic N) is 1. The Bertz CT molecular complexity index is 522. The number of carbonyl (C=O) groups is 1. The number of hydrogen-bond donors (Lipinski definition) is 1. The lowest BCUT2D eigenvalue weighted by Crippen LogP contribution is -2.41. The number of hydrogen-bond acceptors (Lipinski definition) is 4. The number of amides is 1. The van der Waals surface area contributed by atoms with Crippen molar-refractivity contribution in [3.63, 3.8) is 0 Å². The molecule has 21 heavy (non-hydrogen) atoms. The maximum Gasteiger partial charge on any atom is 0.239 e. The minimum absolute atomic E-state index is 0. The molecule has 116 valence electrons. The van der Waals surface area contributed by atoms with Crippen LogP contribution in [-0.2, 0) is 4.79 Å². The van der Waals surface area contributed by atoms with Crippen LogP contribution >= 0.6 is 12.4 Å². The Morgan fingerprint density at radius 1 is 1.38 bits per heavy atom. The maximum absolute atomic E-state index is 12.2. The van der Waals surface area contributed by atoms with E-state index in [1.54, 1.807) is 6.92 Å². The Morgan fingerprint density at radius 3 is 2.90 bits per heavy atom. The van der Waals surface area contributed by atoms with Crippen LogP contribution in [-0.4, -0.2) is 36.6 Å². The van der Waals surface area contributed by atoms with E-state index < -0.39 is 6.04 Å². The molecule has 3 rings (SSSR count). The van der Waals surface area contributed by atoms with Gasteiger partial charge in [0.15, 0.2) is 11.5 Å². The van der Waals surface area contributed by atoms with Gasteiger partial charge in [0.2, 0.25) is 5.91 Å². The first kappa shape index (κ1) is 15.9. The minimum Gasteiger partial charge on any atom is -0.486 e. The third-order valence-corrected chi connectivity index (χ3v) is 3.88. The van der Waals surface area contributed by atoms with Gasteiger partial charge in [-0.15, -0.1) is 12.4 Å². The van der Waals surface area contributed by atoms with E-state index in [2.05, 4.69) is 0 Å². The van der Waals surface area contributed by atoms with Crippen molar-refractivity contribution in [2.24, 2.45) is 5.73 Å². The smallest absolute Gasteiger partial charge is 0.239 e. The largest absolute Gasteiger partial charge is 0.486 e. The number of nitrogens with two attached hydrogens (primary N) is 1. The van der Waals surface area contributed by atoms with Crippen LogP contribution in [0.25, 0.3) is 0 Å². The molecule has 1 saturated heterocycles. The van der Waals surface area contributed by atoms with E-state index in [1.165, 1.54) is 0 Å². The van der Waals surface area contributed by atoms with Gasteiger partial charge in [-0.05, 0) is 25.8 Å². The van der Waals surface area contributed by atoms with Crippen molar-refractivity contribution >= 4 is 18.3 Å². The van der Waals surface area contributed by atoms with E-state index in [1.807, 2.05) is 23.1 Å². The summed E-state index contributed by atoms with van der Waals surface area (Å²) in [5.41, 5.74) is 6.78. The summed E-state index contributed by atoms with van der Waals surface area (Å²) in [5, 5.41) is 0. The second-order valence-electron chi connectivity index (χ2n) is 5.35. The molecule has 0 aliphatic carbocycles. The van der Waals surface area contributed by atoms with Crippen LogP contribution in [0.1, 0.15) is 31.4 Å². The normalized spacial score (nSPS) is 21.6. The molecule has 1 aromatic carbocycles. The number of benzene rings is 1. The van der Waals surface area contributed by atoms with Crippen LogP contribution < -0.4 is 15.2 Å². The zero-order chi connectivity index (χ0) is 14.1. The SMILES string of the molecule is C[C@@H](N)C(=O)N1CCCC1c1cccc2c1OCCO2.Cl. The number of halogens is 1. The fourth-order valence-corrected chi connectivity index (χ4v) is 2.97. The zero-order valence-electron chi connectivity index (χ0n) is 12.1. The Balaban J connectivity index is 0.00000161. The average Bonchev–Trinajstić information content (AvgIpc) is 2.94. The highest BCUT2D eigenvalue weighted by Crippen LogP contribution is 2.42. The van der Waals surface area contributed by atoms with Gasteiger partial charge in [0.1, 0.15) is 13.2 Å². The van der Waals surface area contributed by atoms with Gasteiger partial charge in [-0.3, -0.25) is 4.79 Å². The Kier molecular flexibility index (Phi) is 4.96. The molecule has 2 atom stereocenters. The molecule has 1 amide bonds. The van der Waals surface area contributed by atoms with Gasteiger partial charge in [0, 0.05) is 12.1 Å². The quantitative estimate of drug-likeness (QED) is 0.905. The molecule has 6 heteroatoms. The van der Waals surface area contributed by atoms with Crippen molar-refractivity contribution in [1.29, 1.82) is 0 Å². The van der Waals surface area contributed by atoms with Crippen molar-refractivity contribution in [2.75, 3.05) is 19.8 Å². The maximum atomic E-state index is 12.2. The summed E-state index contributed by atoms with van der Waals surface area (Å²) in [4.78, 5) is 14.1. The second-order valence-corrected chi connectivity index (χ2v) is 5.35. The molecule has 0 aromatic heterocycles. The summed E-state index contributed by atoms with van der Waals surface area (Å²) in [6.07, 6.45) is 1.94. The summed E-state index contributed by atoms with van der Waals surface area (Å²) in [7, 11) is 0. The lowest BCUT2D eigenvalue weighted by Gasteiger charge is -2.29. The molecular formula is C15H21ClN2O3. The second kappa shape index (κ2) is 6.54. The monoisotopic (exact) mass is 312 g/mol. The fraction of sp³-hybridized carbons (Fsp3) is 0.533. The third-order valence-electron chi connectivity index (χ3n) is 3.88. The van der Waals surface area contributed by atoms with E-state index in [0.717, 1.165) is 36.4 Å². The molecule has 5 nitrogen and oxygen atoms in total. The molecular weight excluding hydrogens is 292 g/mol. The van der Waals surface area contributed by atoms with Crippen LogP contribution in [0, 0.1) is 0 Å². The van der Waals surface area contributed by atoms with Gasteiger partial charge in [-0.25, -0.2) is 0 Å². The van der Waals surface area contributed by atoms with Gasteiger partial charge in [-0.2, -0.15) is 0 Å². The molecule has 1 fully saturated rings. The Hall–Kier alpha value is -1.46. The van der Waals surface area contributed by atoms with Gasteiger partial charge >= 0.3 is 0 Å². The highest BCUT2D eigenvalue weighted by molar-refractivity contribution is 5.85. The van der Waals surface area contributed by atoms with Gasteiger partial charge < -0.3 is 20.1 Å². The summed E-state index contributed by atoms with van der Waals surface area (Å²) in [6, 6.07) is 5.46. The predicted molar refractivity (Wildman–Crippen MR) is 82.0 cm³/mol. The van der Waals surface area contributed by atoms with Crippen LogP contribution in [0.5, 0.6) is 11.5 Å². The fourth-order valence-electron chi connectivity index (χ4n) is 2.97. The predicted octanol–water partition coefficient (Wildman–Crippen LogP) is 1.89. The van der Waals surface area contributed by atoms with Crippen LogP contribution in [0.15, 0.2) is 18.2 Å². The number of rotatable bonds is 2. The summed E-state index contributed by atoms with van der Waals surface area (Å²) >= 11 is 0. The first-order chi connectivity index (χ1) is 9.68. The van der Waals surface area contributed by atoms with Crippen molar-refractivity contribution < 1.29 is 14.3 Å². The first-order valence-corrected chi connectivity index (χ1v) is 7.13. The van der Waals surface area contributed by atoms with E-state index in [0.29, 0.717) is 13.2 Å². The van der Waals surface area contributed by atoms with Crippen molar-refractivity contribution in [3.05, 3.63) is 23.8 Å². The van der Waals surface area contributed by atoms with E-state index >= 15 is 0 Å². The number of ether oxygens (including phenoxy) is 2. The third kappa shape index (κ3) is 2.94. The molecule has 0 saturated carbocycles. The Labute approximate surface area is 130 Å². The van der Waals surface area contributed by atoms with Crippen LogP contribution in [0.3, 0.4) is 0 Å². The molecule has 2 aliphatic heterocycles. The highest BCUT2D eigenvalue weighted by atomic mass is 35.5. The van der Waals surface area contributed by atoms with Gasteiger partial charge in [0.25, 0.3) is 0 Å². The standard InChI is InChI=1S/C15H20N2O3.ClH/c1-10(16)15(18)17-7-3-5-12(17)11-4-2-6-13-14(11)20-9-8-19-13;/h2,4,6,10,12H,3,5,7-9,16H2,1H3;1H/t10-,12?;/m1./s1. The van der Waals surface area contributed by atoms with Crippen molar-refractivity contribution in [2.45, 2.75) is 31.8 Å². The number of likely N-dealkylation sites (tertiary alicyclic amines) is 1. The molecule has 0 bridgehead atoms. The summed E-state index contributed by atoms with van der Waals surface area (Å²) < 4.78 is 11.4. The summed E-state index contributed by atoms with van der Waals surface area (Å²) in [6.45, 7) is 3.62. The topological polar surface area (TPSA) is 64.8 Å². The van der Waals surface area contributed by atoms with Crippen molar-refractivity contribution in [3.8, 4) is 11.5 Å². The van der Waals surface area contributed by atoms with E-state index in [4.69, 9.17) is 15.2 Å². The molecule has 0 radical (unpaired) electrons. The number of fused-ring (bicyclic) bond motifs is 1. The molecule has 1 aromatic rings. The first-order valence-electron chi connectivity index (χ1n) is 7.13. The minimum atomic E-state index is -0.465. The highest BCUT2D eigenvalue weighted by Gasteiger charge is 2.34. The van der Waals surface area contributed by atoms with Crippen molar-refractivity contribution in [1.82, 2.24) is 4.90 Å². The zero-order valence-corrected chi connectivity index (χ0v) is 12.9. The Morgan fingerprint density at radius 2 is 2.14 bits per heavy atom. The molecule has 0 spiro atoms.